The van der Waals surface area contributed by atoms with E-state index in [9.17, 15) is 4.79 Å². The van der Waals surface area contributed by atoms with Crippen molar-refractivity contribution in [3.05, 3.63) is 59.9 Å². The molecule has 0 aliphatic heterocycles. The van der Waals surface area contributed by atoms with Crippen molar-refractivity contribution >= 4 is 17.0 Å². The number of para-hydroxylation sites is 2. The molecule has 0 aliphatic rings. The van der Waals surface area contributed by atoms with E-state index >= 15 is 0 Å². The lowest BCUT2D eigenvalue weighted by Crippen LogP contribution is -2.10. The Morgan fingerprint density at radius 2 is 1.91 bits per heavy atom. The summed E-state index contributed by atoms with van der Waals surface area (Å²) >= 11 is 0. The topological polar surface area (TPSA) is 64.4 Å². The molecule has 2 aromatic carbocycles. The number of carbonyl (C=O) groups is 1. The molecule has 1 aromatic heterocycles. The quantitative estimate of drug-likeness (QED) is 0.758. The van der Waals surface area contributed by atoms with E-state index in [0.29, 0.717) is 13.2 Å². The molecule has 0 saturated carbocycles. The first-order chi connectivity index (χ1) is 11.1. The first-order valence-electron chi connectivity index (χ1n) is 7.49. The second-order valence-corrected chi connectivity index (χ2v) is 5.41. The molecule has 0 bridgehead atoms. The van der Waals surface area contributed by atoms with E-state index in [-0.39, 0.29) is 6.42 Å². The molecule has 0 spiro atoms. The minimum Gasteiger partial charge on any atom is -0.486 e. The van der Waals surface area contributed by atoms with E-state index in [1.165, 1.54) is 5.56 Å². The Morgan fingerprint density at radius 1 is 1.17 bits per heavy atom. The third-order valence-electron chi connectivity index (χ3n) is 3.67. The number of rotatable bonds is 6. The van der Waals surface area contributed by atoms with Gasteiger partial charge in [0.05, 0.1) is 17.5 Å². The molecule has 5 heteroatoms. The number of hydrogen-bond acceptors (Lipinski definition) is 3. The highest BCUT2D eigenvalue weighted by molar-refractivity contribution is 5.76. The van der Waals surface area contributed by atoms with E-state index in [2.05, 4.69) is 4.98 Å². The number of aryl methyl sites for hydroxylation is 2. The largest absolute Gasteiger partial charge is 0.486 e. The zero-order valence-corrected chi connectivity index (χ0v) is 12.9. The highest BCUT2D eigenvalue weighted by Gasteiger charge is 2.12. The van der Waals surface area contributed by atoms with Crippen LogP contribution >= 0.6 is 0 Å². The van der Waals surface area contributed by atoms with Crippen molar-refractivity contribution in [3.8, 4) is 5.75 Å². The van der Waals surface area contributed by atoms with Crippen LogP contribution in [0.25, 0.3) is 11.0 Å². The monoisotopic (exact) mass is 310 g/mol. The van der Waals surface area contributed by atoms with E-state index < -0.39 is 5.97 Å². The third-order valence-corrected chi connectivity index (χ3v) is 3.67. The Kier molecular flexibility index (Phi) is 4.28. The van der Waals surface area contributed by atoms with Crippen LogP contribution < -0.4 is 4.74 Å². The second kappa shape index (κ2) is 6.52. The molecule has 0 aliphatic carbocycles. The number of aromatic nitrogens is 2. The number of nitrogens with zero attached hydrogens (tertiary/aromatic N) is 2. The number of fused-ring (bicyclic) bond motifs is 1. The Labute approximate surface area is 134 Å². The molecule has 0 unspecified atom stereocenters. The predicted molar refractivity (Wildman–Crippen MR) is 87.5 cm³/mol. The van der Waals surface area contributed by atoms with Crippen LogP contribution in [0.5, 0.6) is 5.75 Å². The van der Waals surface area contributed by atoms with Gasteiger partial charge in [-0.05, 0) is 31.2 Å². The van der Waals surface area contributed by atoms with Crippen molar-refractivity contribution in [1.82, 2.24) is 9.55 Å². The smallest absolute Gasteiger partial charge is 0.305 e. The van der Waals surface area contributed by atoms with Crippen LogP contribution in [0.15, 0.2) is 48.5 Å². The van der Waals surface area contributed by atoms with Crippen LogP contribution in [0, 0.1) is 6.92 Å². The number of hydrogen-bond donors (Lipinski definition) is 1. The Hall–Kier alpha value is -2.82. The predicted octanol–water partition coefficient (Wildman–Crippen LogP) is 3.40. The number of benzene rings is 2. The number of aliphatic carboxylic acids is 1. The van der Waals surface area contributed by atoms with Crippen LogP contribution in [0.4, 0.5) is 0 Å². The summed E-state index contributed by atoms with van der Waals surface area (Å²) in [5.74, 6) is 0.675. The molecule has 1 N–H and O–H groups in total. The van der Waals surface area contributed by atoms with Crippen molar-refractivity contribution in [2.75, 3.05) is 0 Å². The summed E-state index contributed by atoms with van der Waals surface area (Å²) in [5.41, 5.74) is 2.95. The molecule has 0 fully saturated rings. The number of ether oxygens (including phenoxy) is 1. The molecule has 0 radical (unpaired) electrons. The van der Waals surface area contributed by atoms with Gasteiger partial charge in [0.25, 0.3) is 0 Å². The van der Waals surface area contributed by atoms with Gasteiger partial charge < -0.3 is 14.4 Å². The van der Waals surface area contributed by atoms with Crippen LogP contribution in [-0.4, -0.2) is 20.6 Å². The molecule has 0 atom stereocenters. The lowest BCUT2D eigenvalue weighted by molar-refractivity contribution is -0.137. The molecule has 0 amide bonds. The van der Waals surface area contributed by atoms with Crippen molar-refractivity contribution in [2.45, 2.75) is 26.5 Å². The summed E-state index contributed by atoms with van der Waals surface area (Å²) in [7, 11) is 0. The Morgan fingerprint density at radius 3 is 2.65 bits per heavy atom. The molecule has 23 heavy (non-hydrogen) atoms. The van der Waals surface area contributed by atoms with Gasteiger partial charge in [0.1, 0.15) is 18.2 Å². The second-order valence-electron chi connectivity index (χ2n) is 5.41. The first kappa shape index (κ1) is 15.1. The fraction of sp³-hybridized carbons (Fsp3) is 0.222. The van der Waals surface area contributed by atoms with Crippen LogP contribution in [0.3, 0.4) is 0 Å². The van der Waals surface area contributed by atoms with E-state index in [0.717, 1.165) is 22.6 Å². The van der Waals surface area contributed by atoms with E-state index in [4.69, 9.17) is 9.84 Å². The van der Waals surface area contributed by atoms with Gasteiger partial charge in [-0.3, -0.25) is 4.79 Å². The number of carboxylic acids is 1. The summed E-state index contributed by atoms with van der Waals surface area (Å²) in [6.07, 6.45) is 0.0535. The SMILES string of the molecule is Cc1ccc(OCc2nc3ccccc3n2CCC(=O)O)cc1. The Balaban J connectivity index is 1.84. The third kappa shape index (κ3) is 3.51. The summed E-state index contributed by atoms with van der Waals surface area (Å²) in [6, 6.07) is 15.5. The number of imidazole rings is 1. The minimum atomic E-state index is -0.826. The van der Waals surface area contributed by atoms with Crippen molar-refractivity contribution < 1.29 is 14.6 Å². The molecule has 3 rings (SSSR count). The molecule has 5 nitrogen and oxygen atoms in total. The summed E-state index contributed by atoms with van der Waals surface area (Å²) < 4.78 is 7.71. The first-order valence-corrected chi connectivity index (χ1v) is 7.49. The van der Waals surface area contributed by atoms with E-state index in [1.54, 1.807) is 0 Å². The van der Waals surface area contributed by atoms with E-state index in [1.807, 2.05) is 60.0 Å². The van der Waals surface area contributed by atoms with Crippen molar-refractivity contribution in [3.63, 3.8) is 0 Å². The van der Waals surface area contributed by atoms with Crippen LogP contribution in [0.1, 0.15) is 17.8 Å². The van der Waals surface area contributed by atoms with Gasteiger partial charge in [0, 0.05) is 6.54 Å². The van der Waals surface area contributed by atoms with Gasteiger partial charge in [-0.15, -0.1) is 0 Å². The van der Waals surface area contributed by atoms with Gasteiger partial charge in [-0.2, -0.15) is 0 Å². The summed E-state index contributed by atoms with van der Waals surface area (Å²) in [6.45, 7) is 2.70. The zero-order chi connectivity index (χ0) is 16.2. The molecule has 3 aromatic rings. The van der Waals surface area contributed by atoms with Crippen molar-refractivity contribution in [1.29, 1.82) is 0 Å². The Bertz CT molecular complexity index is 822. The summed E-state index contributed by atoms with van der Waals surface area (Å²) in [5, 5.41) is 8.94. The van der Waals surface area contributed by atoms with Crippen molar-refractivity contribution in [2.24, 2.45) is 0 Å². The molecule has 1 heterocycles. The molecule has 118 valence electrons. The molecular formula is C18H18N2O3. The maximum absolute atomic E-state index is 10.9. The maximum Gasteiger partial charge on any atom is 0.305 e. The minimum absolute atomic E-state index is 0.0535. The average Bonchev–Trinajstić information content (AvgIpc) is 2.90. The number of carboxylic acid groups (broad SMARTS) is 1. The normalized spacial score (nSPS) is 10.8. The van der Waals surface area contributed by atoms with Gasteiger partial charge in [-0.25, -0.2) is 4.98 Å². The van der Waals surface area contributed by atoms with Crippen LogP contribution in [-0.2, 0) is 17.9 Å². The standard InChI is InChI=1S/C18H18N2O3/c1-13-6-8-14(9-7-13)23-12-17-19-15-4-2-3-5-16(15)20(17)11-10-18(21)22/h2-9H,10-12H2,1H3,(H,21,22). The lowest BCUT2D eigenvalue weighted by atomic mass is 10.2. The van der Waals surface area contributed by atoms with Gasteiger partial charge in [0.15, 0.2) is 0 Å². The highest BCUT2D eigenvalue weighted by atomic mass is 16.5. The zero-order valence-electron chi connectivity index (χ0n) is 12.9. The van der Waals surface area contributed by atoms with Gasteiger partial charge in [0.2, 0.25) is 0 Å². The lowest BCUT2D eigenvalue weighted by Gasteiger charge is -2.09. The van der Waals surface area contributed by atoms with Gasteiger partial charge >= 0.3 is 5.97 Å². The fourth-order valence-electron chi connectivity index (χ4n) is 2.47. The maximum atomic E-state index is 10.9. The van der Waals surface area contributed by atoms with Crippen LogP contribution in [0.2, 0.25) is 0 Å². The highest BCUT2D eigenvalue weighted by Crippen LogP contribution is 2.19. The average molecular weight is 310 g/mol. The molecule has 0 saturated heterocycles. The summed E-state index contributed by atoms with van der Waals surface area (Å²) in [4.78, 5) is 15.5. The fourth-order valence-corrected chi connectivity index (χ4v) is 2.47. The molecular weight excluding hydrogens is 292 g/mol. The van der Waals surface area contributed by atoms with Gasteiger partial charge in [-0.1, -0.05) is 29.8 Å².